The van der Waals surface area contributed by atoms with Gasteiger partial charge in [0.1, 0.15) is 11.4 Å². The van der Waals surface area contributed by atoms with Crippen molar-refractivity contribution < 1.29 is 19.1 Å². The lowest BCUT2D eigenvalue weighted by Gasteiger charge is -2.28. The molecule has 0 saturated carbocycles. The van der Waals surface area contributed by atoms with E-state index in [-0.39, 0.29) is 28.4 Å². The van der Waals surface area contributed by atoms with E-state index in [1.165, 1.54) is 11.8 Å². The van der Waals surface area contributed by atoms with Crippen LogP contribution in [0.3, 0.4) is 0 Å². The third-order valence-electron chi connectivity index (χ3n) is 5.22. The molecular weight excluding hydrogens is 392 g/mol. The van der Waals surface area contributed by atoms with Gasteiger partial charge in [-0.1, -0.05) is 6.07 Å². The van der Waals surface area contributed by atoms with E-state index in [9.17, 15) is 14.4 Å². The van der Waals surface area contributed by atoms with Gasteiger partial charge >= 0.3 is 5.97 Å². The summed E-state index contributed by atoms with van der Waals surface area (Å²) in [5.41, 5.74) is 2.58. The molecular formula is C20H28N4O4S. The minimum atomic E-state index is -0.559. The second kappa shape index (κ2) is 9.49. The molecule has 158 valence electrons. The molecule has 8 nitrogen and oxygen atoms in total. The molecule has 3 N–H and O–H groups in total. The Hall–Kier alpha value is -2.26. The lowest BCUT2D eigenvalue weighted by atomic mass is 10.1. The fraction of sp³-hybridized carbons (Fsp3) is 0.550. The summed E-state index contributed by atoms with van der Waals surface area (Å²) in [5, 5.41) is 8.68. The van der Waals surface area contributed by atoms with Gasteiger partial charge in [-0.05, 0) is 39.4 Å². The van der Waals surface area contributed by atoms with E-state index >= 15 is 0 Å². The van der Waals surface area contributed by atoms with Crippen molar-refractivity contribution in [1.29, 1.82) is 0 Å². The standard InChI is InChI=1S/C20H28N4O4S/c1-4-24-18(26)15(29-19(24)16(21-3)20(27)28-5-2)9-10-22-14-8-6-7-12-13(14)11-23-17(12)25/h6-8,15-16,19,21-22H,4-5,9-11H2,1-3H3,(H,23,25). The normalized spacial score (nSPS) is 21.7. The quantitative estimate of drug-likeness (QED) is 0.516. The van der Waals surface area contributed by atoms with Crippen LogP contribution >= 0.6 is 11.8 Å². The number of esters is 1. The van der Waals surface area contributed by atoms with Crippen molar-refractivity contribution in [3.63, 3.8) is 0 Å². The van der Waals surface area contributed by atoms with Gasteiger partial charge in [-0.15, -0.1) is 11.8 Å². The zero-order valence-corrected chi connectivity index (χ0v) is 17.8. The predicted octanol–water partition coefficient (Wildman–Crippen LogP) is 1.17. The Kier molecular flexibility index (Phi) is 7.02. The van der Waals surface area contributed by atoms with Crippen LogP contribution in [0.5, 0.6) is 0 Å². The van der Waals surface area contributed by atoms with E-state index in [1.54, 1.807) is 18.9 Å². The van der Waals surface area contributed by atoms with Gasteiger partial charge < -0.3 is 25.6 Å². The van der Waals surface area contributed by atoms with Gasteiger partial charge in [0.05, 0.1) is 11.9 Å². The van der Waals surface area contributed by atoms with Crippen LogP contribution in [0.2, 0.25) is 0 Å². The number of benzene rings is 1. The van der Waals surface area contributed by atoms with Gasteiger partial charge in [-0.25, -0.2) is 0 Å². The largest absolute Gasteiger partial charge is 0.465 e. The second-order valence-corrected chi connectivity index (χ2v) is 8.21. The first-order valence-corrected chi connectivity index (χ1v) is 10.9. The van der Waals surface area contributed by atoms with Crippen LogP contribution in [-0.4, -0.2) is 66.1 Å². The molecule has 1 saturated heterocycles. The molecule has 0 spiro atoms. The Balaban J connectivity index is 1.62. The summed E-state index contributed by atoms with van der Waals surface area (Å²) >= 11 is 1.51. The Morgan fingerprint density at radius 2 is 2.17 bits per heavy atom. The zero-order valence-electron chi connectivity index (χ0n) is 17.0. The second-order valence-electron chi connectivity index (χ2n) is 6.89. The first kappa shape index (κ1) is 21.4. The average Bonchev–Trinajstić information content (AvgIpc) is 3.24. The van der Waals surface area contributed by atoms with E-state index in [1.807, 2.05) is 25.1 Å². The molecule has 1 aromatic carbocycles. The Morgan fingerprint density at radius 1 is 1.38 bits per heavy atom. The van der Waals surface area contributed by atoms with Gasteiger partial charge in [-0.2, -0.15) is 0 Å². The highest BCUT2D eigenvalue weighted by atomic mass is 32.2. The maximum atomic E-state index is 12.9. The highest BCUT2D eigenvalue weighted by molar-refractivity contribution is 8.01. The van der Waals surface area contributed by atoms with Crippen LogP contribution in [0, 0.1) is 0 Å². The van der Waals surface area contributed by atoms with Crippen LogP contribution in [-0.2, 0) is 20.9 Å². The highest BCUT2D eigenvalue weighted by Gasteiger charge is 2.45. The third kappa shape index (κ3) is 4.35. The van der Waals surface area contributed by atoms with Crippen molar-refractivity contribution in [1.82, 2.24) is 15.5 Å². The van der Waals surface area contributed by atoms with Crippen LogP contribution in [0.15, 0.2) is 18.2 Å². The number of carbonyl (C=O) groups is 3. The molecule has 2 amide bonds. The molecule has 2 aliphatic heterocycles. The number of anilines is 1. The number of nitrogens with one attached hydrogen (secondary N) is 3. The Morgan fingerprint density at radius 3 is 2.86 bits per heavy atom. The monoisotopic (exact) mass is 420 g/mol. The summed E-state index contributed by atoms with van der Waals surface area (Å²) in [6.45, 7) is 5.65. The van der Waals surface area contributed by atoms with Crippen LogP contribution in [0.1, 0.15) is 36.2 Å². The molecule has 0 bridgehead atoms. The topological polar surface area (TPSA) is 99.8 Å². The summed E-state index contributed by atoms with van der Waals surface area (Å²) in [7, 11) is 1.71. The van der Waals surface area contributed by atoms with Crippen molar-refractivity contribution in [2.75, 3.05) is 32.1 Å². The maximum absolute atomic E-state index is 12.9. The summed E-state index contributed by atoms with van der Waals surface area (Å²) in [6, 6.07) is 5.06. The summed E-state index contributed by atoms with van der Waals surface area (Å²) in [5.74, 6) is -0.345. The predicted molar refractivity (Wildman–Crippen MR) is 113 cm³/mol. The summed E-state index contributed by atoms with van der Waals surface area (Å²) in [4.78, 5) is 38.7. The van der Waals surface area contributed by atoms with Gasteiger partial charge in [0.15, 0.2) is 0 Å². The van der Waals surface area contributed by atoms with Crippen molar-refractivity contribution >= 4 is 35.2 Å². The summed E-state index contributed by atoms with van der Waals surface area (Å²) < 4.78 is 5.16. The molecule has 29 heavy (non-hydrogen) atoms. The molecule has 3 rings (SSSR count). The van der Waals surface area contributed by atoms with Crippen molar-refractivity contribution in [3.05, 3.63) is 29.3 Å². The van der Waals surface area contributed by atoms with E-state index < -0.39 is 6.04 Å². The molecule has 1 aromatic rings. The molecule has 3 atom stereocenters. The molecule has 2 heterocycles. The van der Waals surface area contributed by atoms with Gasteiger partial charge in [0, 0.05) is 36.4 Å². The number of amides is 2. The number of hydrogen-bond donors (Lipinski definition) is 3. The van der Waals surface area contributed by atoms with Gasteiger partial charge in [0.2, 0.25) is 5.91 Å². The number of carbonyl (C=O) groups excluding carboxylic acids is 3. The fourth-order valence-electron chi connectivity index (χ4n) is 3.76. The molecule has 9 heteroatoms. The molecule has 2 aliphatic rings. The number of ether oxygens (including phenoxy) is 1. The van der Waals surface area contributed by atoms with E-state index in [4.69, 9.17) is 4.74 Å². The van der Waals surface area contributed by atoms with E-state index in [0.29, 0.717) is 38.2 Å². The van der Waals surface area contributed by atoms with E-state index in [0.717, 1.165) is 11.3 Å². The first-order chi connectivity index (χ1) is 14.0. The Bertz CT molecular complexity index is 788. The minimum Gasteiger partial charge on any atom is -0.465 e. The van der Waals surface area contributed by atoms with Gasteiger partial charge in [0.25, 0.3) is 5.91 Å². The summed E-state index contributed by atoms with van der Waals surface area (Å²) in [6.07, 6.45) is 0.626. The van der Waals surface area contributed by atoms with E-state index in [2.05, 4.69) is 16.0 Å². The van der Waals surface area contributed by atoms with Crippen molar-refractivity contribution in [2.24, 2.45) is 0 Å². The number of hydrogen-bond acceptors (Lipinski definition) is 7. The number of fused-ring (bicyclic) bond motifs is 1. The van der Waals surface area contributed by atoms with Crippen LogP contribution < -0.4 is 16.0 Å². The molecule has 0 aliphatic carbocycles. The Labute approximate surface area is 175 Å². The number of thioether (sulfide) groups is 1. The van der Waals surface area contributed by atoms with Crippen LogP contribution in [0.4, 0.5) is 5.69 Å². The molecule has 3 unspecified atom stereocenters. The van der Waals surface area contributed by atoms with Crippen molar-refractivity contribution in [2.45, 2.75) is 43.5 Å². The minimum absolute atomic E-state index is 0.0454. The average molecular weight is 421 g/mol. The molecule has 0 radical (unpaired) electrons. The lowest BCUT2D eigenvalue weighted by Crippen LogP contribution is -2.50. The maximum Gasteiger partial charge on any atom is 0.326 e. The number of likely N-dealkylation sites (N-methyl/N-ethyl adjacent to an activating group) is 2. The smallest absolute Gasteiger partial charge is 0.326 e. The molecule has 1 fully saturated rings. The van der Waals surface area contributed by atoms with Crippen molar-refractivity contribution in [3.8, 4) is 0 Å². The molecule has 0 aromatic heterocycles. The number of nitrogens with zero attached hydrogens (tertiary/aromatic N) is 1. The fourth-order valence-corrected chi connectivity index (χ4v) is 5.41. The number of rotatable bonds is 9. The SMILES string of the molecule is CCOC(=O)C(NC)C1SC(CCNc2cccc3c2CNC3=O)C(=O)N1CC. The van der Waals surface area contributed by atoms with Crippen LogP contribution in [0.25, 0.3) is 0 Å². The van der Waals surface area contributed by atoms with Gasteiger partial charge in [-0.3, -0.25) is 14.4 Å². The third-order valence-corrected chi connectivity index (χ3v) is 6.79. The first-order valence-electron chi connectivity index (χ1n) is 9.95. The lowest BCUT2D eigenvalue weighted by molar-refractivity contribution is -0.147. The zero-order chi connectivity index (χ0) is 21.0. The highest BCUT2D eigenvalue weighted by Crippen LogP contribution is 2.36.